The van der Waals surface area contributed by atoms with Crippen LogP contribution in [0.3, 0.4) is 0 Å². The molecule has 4 fully saturated rings. The highest BCUT2D eigenvalue weighted by Gasteiger charge is 2.62. The highest BCUT2D eigenvalue weighted by atomic mass is 16.8. The molecule has 0 aromatic carbocycles. The number of hydrogen-bond donors (Lipinski definition) is 0. The van der Waals surface area contributed by atoms with Gasteiger partial charge < -0.3 is 99.5 Å². The predicted molar refractivity (Wildman–Crippen MR) is 263 cm³/mol. The summed E-state index contributed by atoms with van der Waals surface area (Å²) >= 11 is 0. The van der Waals surface area contributed by atoms with Gasteiger partial charge in [-0.2, -0.15) is 0 Å². The van der Waals surface area contributed by atoms with Crippen LogP contribution in [0.15, 0.2) is 0 Å². The van der Waals surface area contributed by atoms with Crippen LogP contribution in [-0.4, -0.2) is 234 Å². The number of hydrogen-bond acceptors (Lipinski definition) is 34. The molecule has 0 radical (unpaired) electrons. The van der Waals surface area contributed by atoms with Crippen LogP contribution in [-0.2, 0) is 162 Å². The van der Waals surface area contributed by atoms with Gasteiger partial charge >= 0.3 is 77.6 Å². The minimum absolute atomic E-state index is 0.689. The third-order valence-electron chi connectivity index (χ3n) is 12.0. The molecule has 4 rings (SSSR count). The number of rotatable bonds is 24. The molecule has 0 bridgehead atoms. The second-order valence-corrected chi connectivity index (χ2v) is 19.1. The van der Waals surface area contributed by atoms with Crippen molar-refractivity contribution in [2.24, 2.45) is 0 Å². The van der Waals surface area contributed by atoms with E-state index < -0.39 is 227 Å². The summed E-state index contributed by atoms with van der Waals surface area (Å²) in [4.78, 5) is 166. The normalized spacial score (nSPS) is 32.4. The molecule has 0 spiro atoms. The lowest BCUT2D eigenvalue weighted by atomic mass is 9.94. The summed E-state index contributed by atoms with van der Waals surface area (Å²) in [7, 11) is 1.14. The first-order chi connectivity index (χ1) is 39.8. The Bertz CT molecular complexity index is 2430. The van der Waals surface area contributed by atoms with E-state index in [9.17, 15) is 62.3 Å². The van der Waals surface area contributed by atoms with E-state index in [4.69, 9.17) is 99.5 Å². The molecule has 4 heterocycles. The lowest BCUT2D eigenvalue weighted by Gasteiger charge is -2.51. The van der Waals surface area contributed by atoms with Gasteiger partial charge in [0.25, 0.3) is 0 Å². The van der Waals surface area contributed by atoms with Crippen LogP contribution in [0.4, 0.5) is 0 Å². The Hall–Kier alpha value is -7.21. The van der Waals surface area contributed by atoms with Crippen LogP contribution in [0.25, 0.3) is 0 Å². The van der Waals surface area contributed by atoms with Crippen molar-refractivity contribution < 1.29 is 162 Å². The zero-order valence-electron chi connectivity index (χ0n) is 48.8. The summed E-state index contributed by atoms with van der Waals surface area (Å²) in [6.45, 7) is 9.22. The van der Waals surface area contributed by atoms with E-state index in [0.717, 1.165) is 97.1 Å². The van der Waals surface area contributed by atoms with Crippen LogP contribution >= 0.6 is 0 Å². The number of methoxy groups -OCH3 is 1. The van der Waals surface area contributed by atoms with E-state index in [1.54, 1.807) is 0 Å². The van der Waals surface area contributed by atoms with Gasteiger partial charge in [-0.05, 0) is 0 Å². The minimum Gasteiger partial charge on any atom is -0.463 e. The smallest absolute Gasteiger partial charge is 0.303 e. The Morgan fingerprint density at radius 1 is 0.235 bits per heavy atom. The first kappa shape index (κ1) is 70.3. The zero-order valence-corrected chi connectivity index (χ0v) is 48.8. The maximum absolute atomic E-state index is 13.4. The van der Waals surface area contributed by atoms with Crippen molar-refractivity contribution in [3.63, 3.8) is 0 Å². The van der Waals surface area contributed by atoms with E-state index in [1.165, 1.54) is 0 Å². The van der Waals surface area contributed by atoms with E-state index in [2.05, 4.69) is 0 Å². The lowest BCUT2D eigenvalue weighted by molar-refractivity contribution is -0.389. The van der Waals surface area contributed by atoms with E-state index in [0.29, 0.717) is 0 Å². The van der Waals surface area contributed by atoms with Gasteiger partial charge in [0.05, 0.1) is 0 Å². The van der Waals surface area contributed by atoms with E-state index in [-0.39, 0.29) is 0 Å². The Kier molecular flexibility index (Phi) is 26.7. The molecule has 0 N–H and O–H groups in total. The van der Waals surface area contributed by atoms with Crippen molar-refractivity contribution >= 4 is 77.6 Å². The van der Waals surface area contributed by atoms with Gasteiger partial charge in [-0.15, -0.1) is 0 Å². The Morgan fingerprint density at radius 3 is 0.682 bits per heavy atom. The Labute approximate surface area is 484 Å². The summed E-state index contributed by atoms with van der Waals surface area (Å²) in [6, 6.07) is 0. The van der Waals surface area contributed by atoms with Gasteiger partial charge in [0.15, 0.2) is 80.1 Å². The van der Waals surface area contributed by atoms with Gasteiger partial charge in [0.1, 0.15) is 69.2 Å². The molecule has 34 heteroatoms. The molecule has 4 aliphatic rings. The van der Waals surface area contributed by atoms with Crippen molar-refractivity contribution in [3.8, 4) is 0 Å². The van der Waals surface area contributed by atoms with Crippen molar-refractivity contribution in [1.29, 1.82) is 0 Å². The summed E-state index contributed by atoms with van der Waals surface area (Å²) in [5, 5.41) is 0. The minimum atomic E-state index is -2.24. The fourth-order valence-electron chi connectivity index (χ4n) is 9.23. The van der Waals surface area contributed by atoms with Gasteiger partial charge in [-0.1, -0.05) is 0 Å². The van der Waals surface area contributed by atoms with Gasteiger partial charge in [-0.25, -0.2) is 0 Å². The first-order valence-corrected chi connectivity index (χ1v) is 26.0. The van der Waals surface area contributed by atoms with Crippen LogP contribution in [0.2, 0.25) is 0 Å². The van der Waals surface area contributed by atoms with Crippen LogP contribution < -0.4 is 0 Å². The Morgan fingerprint density at radius 2 is 0.424 bits per heavy atom. The molecule has 4 saturated heterocycles. The SMILES string of the molecule is CO[C@@H]1O[C@H](COC(C)=O)[C@@H](O[C@@H]2O[C@H](COC(C)=O)[C@@H](O[C@@H]3O[C@H](COC(C)=O)[C@@H](OC(C)=O)[C@H](O[C@@H]4O[C@H](COC(C)=O)[C@@H](OC(C)=O)[C@H](OC(C)=O)[C@H]4OC(C)=O)[C@H]3OC(C)=O)[C@H](OC(C)=O)[C@H]2OC(C)=O)[C@H](OC(C)=O)[C@H]1OC(C)=O. The molecule has 34 nitrogen and oxygen atoms in total. The summed E-state index contributed by atoms with van der Waals surface area (Å²) in [5.41, 5.74) is 0. The third kappa shape index (κ3) is 21.1. The van der Waals surface area contributed by atoms with Crippen LogP contribution in [0.1, 0.15) is 90.0 Å². The highest BCUT2D eigenvalue weighted by Crippen LogP contribution is 2.40. The van der Waals surface area contributed by atoms with E-state index in [1.807, 2.05) is 0 Å². The van der Waals surface area contributed by atoms with Gasteiger partial charge in [0, 0.05) is 97.1 Å². The monoisotopic (exact) mass is 1230 g/mol. The molecule has 0 aromatic heterocycles. The fraction of sp³-hybridized carbons (Fsp3) is 0.745. The molecule has 0 saturated carbocycles. The standard InChI is InChI=1S/C51H70O34/c1-19(52)66-15-32-36(70-23(5)56)40(72-25(7)58)45(76-29(11)62)51(81-32)85-43-37(71-24(6)57)33(16-67-20(2)53)80-50(47(43)78-31(13)64)84-39-35(18-69-22(4)55)82-49(46(77-30(12)63)42(39)74-27(9)60)83-38-34(17-68-21(3)54)79-48(65-14)44(75-28(10)61)41(38)73-26(8)59/h32-51H,15-18H2,1-14H3/t32-,33-,34-,35-,36-,37-,38-,39-,40+,41+,42+,43+,44-,45-,46-,47-,48-,49+,50+,51+/m1/s1. The maximum Gasteiger partial charge on any atom is 0.303 e. The maximum atomic E-state index is 13.4. The molecule has 85 heavy (non-hydrogen) atoms. The lowest BCUT2D eigenvalue weighted by Crippen LogP contribution is -2.69. The summed E-state index contributed by atoms with van der Waals surface area (Å²) < 4.78 is 122. The molecular formula is C51H70O34. The largest absolute Gasteiger partial charge is 0.463 e. The predicted octanol–water partition coefficient (Wildman–Crippen LogP) is -1.67. The quantitative estimate of drug-likeness (QED) is 0.0770. The number of ether oxygens (including phenoxy) is 21. The molecule has 0 amide bonds. The zero-order chi connectivity index (χ0) is 63.7. The van der Waals surface area contributed by atoms with Gasteiger partial charge in [0.2, 0.25) is 0 Å². The van der Waals surface area contributed by atoms with Crippen molar-refractivity contribution in [1.82, 2.24) is 0 Å². The fourth-order valence-corrected chi connectivity index (χ4v) is 9.23. The molecule has 0 unspecified atom stereocenters. The van der Waals surface area contributed by atoms with Crippen LogP contribution in [0, 0.1) is 0 Å². The van der Waals surface area contributed by atoms with Crippen LogP contribution in [0.5, 0.6) is 0 Å². The molecular weight excluding hydrogens is 1160 g/mol. The average molecular weight is 1230 g/mol. The van der Waals surface area contributed by atoms with Crippen molar-refractivity contribution in [2.75, 3.05) is 33.5 Å². The second-order valence-electron chi connectivity index (χ2n) is 19.1. The number of carbonyl (C=O) groups is 13. The van der Waals surface area contributed by atoms with Crippen molar-refractivity contribution in [3.05, 3.63) is 0 Å². The number of esters is 13. The Balaban J connectivity index is 2.02. The number of carbonyl (C=O) groups excluding carboxylic acids is 13. The summed E-state index contributed by atoms with van der Waals surface area (Å²) in [5.74, 6) is -13.2. The van der Waals surface area contributed by atoms with Crippen molar-refractivity contribution in [2.45, 2.75) is 213 Å². The van der Waals surface area contributed by atoms with E-state index >= 15 is 0 Å². The first-order valence-electron chi connectivity index (χ1n) is 26.0. The topological polar surface area (TPSA) is 416 Å². The summed E-state index contributed by atoms with van der Waals surface area (Å²) in [6.07, 6.45) is -38.1. The second kappa shape index (κ2) is 32.3. The molecule has 0 aliphatic carbocycles. The molecule has 4 aliphatic heterocycles. The molecule has 20 atom stereocenters. The molecule has 478 valence electrons. The highest BCUT2D eigenvalue weighted by molar-refractivity contribution is 5.71. The third-order valence-corrected chi connectivity index (χ3v) is 12.0. The van der Waals surface area contributed by atoms with Gasteiger partial charge in [-0.3, -0.25) is 62.3 Å². The average Bonchev–Trinajstić information content (AvgIpc) is 1.35. The molecule has 0 aromatic rings.